The lowest BCUT2D eigenvalue weighted by atomic mass is 10.2. The molecule has 2 fully saturated rings. The van der Waals surface area contributed by atoms with Gasteiger partial charge in [-0.2, -0.15) is 5.10 Å². The Kier molecular flexibility index (Phi) is 10.6. The minimum Gasteiger partial charge on any atom is -0.492 e. The first-order valence-electron chi connectivity index (χ1n) is 17.2. The minimum absolute atomic E-state index is 0.111. The van der Waals surface area contributed by atoms with Crippen molar-refractivity contribution in [2.75, 3.05) is 69.2 Å². The number of sulfone groups is 1. The van der Waals surface area contributed by atoms with Crippen molar-refractivity contribution in [2.24, 2.45) is 0 Å². The predicted molar refractivity (Wildman–Crippen MR) is 193 cm³/mol. The van der Waals surface area contributed by atoms with Crippen LogP contribution >= 0.6 is 0 Å². The van der Waals surface area contributed by atoms with Crippen LogP contribution in [0.25, 0.3) is 10.9 Å². The van der Waals surface area contributed by atoms with Crippen molar-refractivity contribution in [1.82, 2.24) is 45.2 Å². The monoisotopic (exact) mass is 707 g/mol. The Morgan fingerprint density at radius 1 is 1.04 bits per heavy atom. The fourth-order valence-corrected chi connectivity index (χ4v) is 7.52. The second kappa shape index (κ2) is 14.7. The molecule has 0 bridgehead atoms. The van der Waals surface area contributed by atoms with Crippen LogP contribution in [-0.2, 0) is 9.84 Å². The number of aryl methyl sites for hydroxylation is 1. The molecule has 3 aromatic heterocycles. The van der Waals surface area contributed by atoms with Crippen LogP contribution in [-0.4, -0.2) is 123 Å². The number of benzene rings is 1. The van der Waals surface area contributed by atoms with Crippen LogP contribution < -0.4 is 20.3 Å². The number of aliphatic hydroxyl groups excluding tert-OH is 1. The Morgan fingerprint density at radius 2 is 1.78 bits per heavy atom. The molecule has 4 aromatic rings. The molecule has 4 N–H and O–H groups in total. The maximum absolute atomic E-state index is 13.8. The molecule has 0 spiro atoms. The molecule has 15 nitrogen and oxygen atoms in total. The molecule has 16 heteroatoms. The molecule has 2 atom stereocenters. The number of nitrogens with zero attached hydrogens (tertiary/aromatic N) is 8. The van der Waals surface area contributed by atoms with Gasteiger partial charge in [0.25, 0.3) is 0 Å². The molecule has 2 aliphatic rings. The van der Waals surface area contributed by atoms with Crippen molar-refractivity contribution in [1.29, 1.82) is 0 Å². The lowest BCUT2D eigenvalue weighted by molar-refractivity contribution is -0.0143. The van der Waals surface area contributed by atoms with E-state index in [2.05, 4.69) is 57.5 Å². The van der Waals surface area contributed by atoms with Gasteiger partial charge in [0.15, 0.2) is 15.7 Å². The summed E-state index contributed by atoms with van der Waals surface area (Å²) in [5.74, 6) is 2.03. The Hall–Kier alpha value is -3.96. The summed E-state index contributed by atoms with van der Waals surface area (Å²) < 4.78 is 32.8. The number of aromatic amines is 1. The minimum atomic E-state index is -3.77. The highest BCUT2D eigenvalue weighted by atomic mass is 32.2. The van der Waals surface area contributed by atoms with Gasteiger partial charge < -0.3 is 25.4 Å². The maximum atomic E-state index is 13.8. The number of hydrogen-bond acceptors (Lipinski definition) is 14. The number of aliphatic hydroxyl groups is 1. The second-order valence-corrected chi connectivity index (χ2v) is 16.8. The fourth-order valence-electron chi connectivity index (χ4n) is 6.20. The van der Waals surface area contributed by atoms with Gasteiger partial charge in [0.1, 0.15) is 29.0 Å². The van der Waals surface area contributed by atoms with E-state index in [0.717, 1.165) is 70.0 Å². The zero-order valence-electron chi connectivity index (χ0n) is 29.8. The Bertz CT molecular complexity index is 1890. The first-order valence-corrected chi connectivity index (χ1v) is 18.7. The van der Waals surface area contributed by atoms with Gasteiger partial charge in [0, 0.05) is 99.1 Å². The third kappa shape index (κ3) is 7.68. The number of piperazine rings is 2. The summed E-state index contributed by atoms with van der Waals surface area (Å²) in [5.41, 5.74) is 3.14. The van der Waals surface area contributed by atoms with E-state index >= 15 is 0 Å². The summed E-state index contributed by atoms with van der Waals surface area (Å²) in [6, 6.07) is 3.63. The predicted octanol–water partition coefficient (Wildman–Crippen LogP) is 2.95. The van der Waals surface area contributed by atoms with Gasteiger partial charge >= 0.3 is 0 Å². The van der Waals surface area contributed by atoms with Crippen LogP contribution in [0.1, 0.15) is 57.2 Å². The average Bonchev–Trinajstić information content (AvgIpc) is 3.41. The zero-order chi connectivity index (χ0) is 35.6. The molecule has 0 radical (unpaired) electrons. The molecule has 5 heterocycles. The van der Waals surface area contributed by atoms with Crippen molar-refractivity contribution in [3.8, 4) is 5.75 Å². The highest BCUT2D eigenvalue weighted by Gasteiger charge is 2.34. The first-order chi connectivity index (χ1) is 23.8. The molecule has 0 aliphatic carbocycles. The van der Waals surface area contributed by atoms with Crippen LogP contribution in [0.15, 0.2) is 35.7 Å². The lowest BCUT2D eigenvalue weighted by Gasteiger charge is -2.36. The molecule has 0 amide bonds. The lowest BCUT2D eigenvalue weighted by Crippen LogP contribution is -2.50. The molecule has 270 valence electrons. The van der Waals surface area contributed by atoms with E-state index in [1.807, 2.05) is 18.7 Å². The van der Waals surface area contributed by atoms with E-state index in [4.69, 9.17) is 4.74 Å². The van der Waals surface area contributed by atoms with Crippen LogP contribution in [0.2, 0.25) is 0 Å². The van der Waals surface area contributed by atoms with Gasteiger partial charge in [-0.15, -0.1) is 0 Å². The largest absolute Gasteiger partial charge is 0.492 e. The molecular formula is C34H49N11O4S. The smallest absolute Gasteiger partial charge is 0.225 e. The standard InChI is InChI=1S/C34H49N11O4S/c1-22-20-45(10-8-35-22)32(46)25-18-36-33(37-19-25)44-13-11-43(12-14-44)9-7-15-49-28-17-27-26(16-29(28)50(47,48)34(4,5)6)31(39-21-38-27)40-30-23(2)24(3)41-42-30/h16-19,21-22,32,35,46H,7-15,20H2,1-6H3,(H2,38,39,40,41,42)/t22-,32?/m1/s1. The summed E-state index contributed by atoms with van der Waals surface area (Å²) in [6.07, 6.45) is 4.91. The van der Waals surface area contributed by atoms with Crippen molar-refractivity contribution < 1.29 is 18.3 Å². The summed E-state index contributed by atoms with van der Waals surface area (Å²) in [6.45, 7) is 17.8. The molecule has 2 saturated heterocycles. The highest BCUT2D eigenvalue weighted by Crippen LogP contribution is 2.37. The molecule has 1 unspecified atom stereocenters. The normalized spacial score (nSPS) is 18.8. The third-order valence-corrected chi connectivity index (χ3v) is 12.0. The Labute approximate surface area is 293 Å². The van der Waals surface area contributed by atoms with Gasteiger partial charge in [0.05, 0.1) is 16.9 Å². The number of anilines is 3. The number of rotatable bonds is 11. The Morgan fingerprint density at radius 3 is 2.44 bits per heavy atom. The van der Waals surface area contributed by atoms with Crippen molar-refractivity contribution in [2.45, 2.75) is 69.9 Å². The topological polar surface area (TPSA) is 178 Å². The van der Waals surface area contributed by atoms with E-state index in [-0.39, 0.29) is 10.6 Å². The van der Waals surface area contributed by atoms with Crippen molar-refractivity contribution in [3.63, 3.8) is 0 Å². The number of nitrogens with one attached hydrogen (secondary N) is 3. The number of ether oxygens (including phenoxy) is 1. The van der Waals surface area contributed by atoms with Gasteiger partial charge in [-0.3, -0.25) is 14.9 Å². The quantitative estimate of drug-likeness (QED) is 0.167. The highest BCUT2D eigenvalue weighted by molar-refractivity contribution is 7.92. The maximum Gasteiger partial charge on any atom is 0.225 e. The average molecular weight is 708 g/mol. The number of aromatic nitrogens is 6. The molecule has 6 rings (SSSR count). The van der Waals surface area contributed by atoms with Crippen molar-refractivity contribution >= 4 is 38.3 Å². The summed E-state index contributed by atoms with van der Waals surface area (Å²) in [5, 5.41) is 25.3. The molecule has 2 aliphatic heterocycles. The summed E-state index contributed by atoms with van der Waals surface area (Å²) in [7, 11) is -3.77. The third-order valence-electron chi connectivity index (χ3n) is 9.52. The summed E-state index contributed by atoms with van der Waals surface area (Å²) >= 11 is 0. The van der Waals surface area contributed by atoms with Gasteiger partial charge in [-0.25, -0.2) is 28.4 Å². The van der Waals surface area contributed by atoms with Gasteiger partial charge in [0.2, 0.25) is 5.95 Å². The summed E-state index contributed by atoms with van der Waals surface area (Å²) in [4.78, 5) is 24.7. The second-order valence-electron chi connectivity index (χ2n) is 14.2. The van der Waals surface area contributed by atoms with Crippen LogP contribution in [0.5, 0.6) is 5.75 Å². The first kappa shape index (κ1) is 35.9. The molecule has 0 saturated carbocycles. The number of H-pyrrole nitrogens is 1. The van der Waals surface area contributed by atoms with Crippen LogP contribution in [0, 0.1) is 13.8 Å². The van der Waals surface area contributed by atoms with E-state index < -0.39 is 20.8 Å². The van der Waals surface area contributed by atoms with E-state index in [1.54, 1.807) is 45.3 Å². The number of fused-ring (bicyclic) bond motifs is 1. The van der Waals surface area contributed by atoms with Crippen LogP contribution in [0.4, 0.5) is 17.6 Å². The molecule has 50 heavy (non-hydrogen) atoms. The van der Waals surface area contributed by atoms with E-state index in [1.165, 1.54) is 6.33 Å². The van der Waals surface area contributed by atoms with Gasteiger partial charge in [-0.05, 0) is 54.0 Å². The van der Waals surface area contributed by atoms with E-state index in [0.29, 0.717) is 46.7 Å². The van der Waals surface area contributed by atoms with Gasteiger partial charge in [-0.1, -0.05) is 0 Å². The zero-order valence-corrected chi connectivity index (χ0v) is 30.6. The van der Waals surface area contributed by atoms with Crippen molar-refractivity contribution in [3.05, 3.63) is 47.7 Å². The SMILES string of the molecule is Cc1[nH]nc(Nc2ncnc3cc(OCCCN4CCN(c5ncc(C(O)N6CCN[C@H](C)C6)cn5)CC4)c(S(=O)(=O)C(C)(C)C)cc23)c1C. The number of hydrogen-bond donors (Lipinski definition) is 4. The molecular weight excluding hydrogens is 659 g/mol. The Balaban J connectivity index is 1.07. The fraction of sp³-hybridized carbons (Fsp3) is 0.559. The van der Waals surface area contributed by atoms with E-state index in [9.17, 15) is 13.5 Å². The van der Waals surface area contributed by atoms with Crippen LogP contribution in [0.3, 0.4) is 0 Å². The molecule has 1 aromatic carbocycles.